The van der Waals surface area contributed by atoms with Crippen LogP contribution >= 0.6 is 0 Å². The molecule has 164 valence electrons. The van der Waals surface area contributed by atoms with Crippen LogP contribution in [-0.2, 0) is 12.4 Å². The molecule has 0 atom stereocenters. The van der Waals surface area contributed by atoms with Gasteiger partial charge in [0, 0.05) is 13.1 Å². The van der Waals surface area contributed by atoms with Gasteiger partial charge in [0.05, 0.1) is 16.8 Å². The standard InChI is InChI=1S/C19H11F8N3O/c1-30(14-6-10(18(22,23)24)2-4-12(14)20)16-8-17(29-9-28-16)31-15-7-11(19(25,26)27)3-5-13(15)21/h2-9H,1H3. The van der Waals surface area contributed by atoms with Crippen LogP contribution in [0, 0.1) is 11.6 Å². The molecule has 0 aliphatic carbocycles. The molecule has 0 aliphatic rings. The predicted molar refractivity (Wildman–Crippen MR) is 93.0 cm³/mol. The van der Waals surface area contributed by atoms with Gasteiger partial charge in [-0.05, 0) is 36.4 Å². The third kappa shape index (κ3) is 5.01. The quantitative estimate of drug-likeness (QED) is 0.435. The number of halogens is 8. The molecule has 0 amide bonds. The van der Waals surface area contributed by atoms with Crippen molar-refractivity contribution in [3.8, 4) is 11.6 Å². The number of hydrogen-bond donors (Lipinski definition) is 0. The van der Waals surface area contributed by atoms with Crippen molar-refractivity contribution in [3.05, 3.63) is 71.6 Å². The smallest absolute Gasteiger partial charge is 0.416 e. The van der Waals surface area contributed by atoms with Crippen LogP contribution < -0.4 is 9.64 Å². The first-order valence-electron chi connectivity index (χ1n) is 8.33. The summed E-state index contributed by atoms with van der Waals surface area (Å²) < 4.78 is 110. The molecule has 3 rings (SSSR count). The van der Waals surface area contributed by atoms with E-state index in [0.29, 0.717) is 36.4 Å². The summed E-state index contributed by atoms with van der Waals surface area (Å²) in [6.45, 7) is 0. The van der Waals surface area contributed by atoms with Gasteiger partial charge in [0.15, 0.2) is 11.6 Å². The lowest BCUT2D eigenvalue weighted by Gasteiger charge is -2.20. The van der Waals surface area contributed by atoms with Crippen LogP contribution in [0.5, 0.6) is 11.6 Å². The van der Waals surface area contributed by atoms with Crippen molar-refractivity contribution in [2.75, 3.05) is 11.9 Å². The second-order valence-corrected chi connectivity index (χ2v) is 6.18. The van der Waals surface area contributed by atoms with Gasteiger partial charge in [-0.1, -0.05) is 0 Å². The minimum atomic E-state index is -4.75. The van der Waals surface area contributed by atoms with Crippen molar-refractivity contribution in [1.29, 1.82) is 0 Å². The average molecular weight is 449 g/mol. The van der Waals surface area contributed by atoms with Gasteiger partial charge in [0.1, 0.15) is 18.0 Å². The third-order valence-electron chi connectivity index (χ3n) is 4.08. The van der Waals surface area contributed by atoms with Crippen LogP contribution in [-0.4, -0.2) is 17.0 Å². The van der Waals surface area contributed by atoms with E-state index in [1.807, 2.05) is 0 Å². The minimum absolute atomic E-state index is 0.157. The summed E-state index contributed by atoms with van der Waals surface area (Å²) in [5.74, 6) is -3.45. The number of anilines is 2. The molecule has 0 saturated heterocycles. The summed E-state index contributed by atoms with van der Waals surface area (Å²) in [7, 11) is 1.20. The van der Waals surface area contributed by atoms with Crippen LogP contribution in [0.2, 0.25) is 0 Å². The van der Waals surface area contributed by atoms with Crippen LogP contribution in [0.4, 0.5) is 46.6 Å². The van der Waals surface area contributed by atoms with Crippen molar-refractivity contribution in [2.24, 2.45) is 0 Å². The SMILES string of the molecule is CN(c1cc(Oc2cc(C(F)(F)F)ccc2F)ncn1)c1cc(C(F)(F)F)ccc1F. The first-order valence-corrected chi connectivity index (χ1v) is 8.33. The highest BCUT2D eigenvalue weighted by molar-refractivity contribution is 5.61. The highest BCUT2D eigenvalue weighted by Gasteiger charge is 2.32. The van der Waals surface area contributed by atoms with Crippen molar-refractivity contribution >= 4 is 11.5 Å². The lowest BCUT2D eigenvalue weighted by Crippen LogP contribution is -2.15. The van der Waals surface area contributed by atoms with Gasteiger partial charge in [-0.15, -0.1) is 0 Å². The minimum Gasteiger partial charge on any atom is -0.436 e. The number of ether oxygens (including phenoxy) is 1. The molecular formula is C19H11F8N3O. The zero-order chi connectivity index (χ0) is 23.0. The highest BCUT2D eigenvalue weighted by Crippen LogP contribution is 2.36. The summed E-state index contributed by atoms with van der Waals surface area (Å²) >= 11 is 0. The van der Waals surface area contributed by atoms with E-state index in [-0.39, 0.29) is 5.82 Å². The van der Waals surface area contributed by atoms with E-state index < -0.39 is 52.4 Å². The number of nitrogens with zero attached hydrogens (tertiary/aromatic N) is 3. The molecular weight excluding hydrogens is 438 g/mol. The first kappa shape index (κ1) is 22.2. The molecule has 3 aromatic rings. The van der Waals surface area contributed by atoms with E-state index in [0.717, 1.165) is 17.3 Å². The Bertz CT molecular complexity index is 1100. The van der Waals surface area contributed by atoms with Gasteiger partial charge >= 0.3 is 12.4 Å². The molecule has 0 radical (unpaired) electrons. The second kappa shape index (κ2) is 8.00. The molecule has 0 N–H and O–H groups in total. The Hall–Kier alpha value is -3.44. The molecule has 31 heavy (non-hydrogen) atoms. The normalized spacial score (nSPS) is 12.0. The van der Waals surface area contributed by atoms with Crippen LogP contribution in [0.25, 0.3) is 0 Å². The molecule has 1 aromatic heterocycles. The van der Waals surface area contributed by atoms with E-state index in [4.69, 9.17) is 4.74 Å². The molecule has 0 fully saturated rings. The Morgan fingerprint density at radius 1 is 0.774 bits per heavy atom. The maximum Gasteiger partial charge on any atom is 0.416 e. The van der Waals surface area contributed by atoms with Crippen molar-refractivity contribution in [3.63, 3.8) is 0 Å². The number of hydrogen-bond acceptors (Lipinski definition) is 4. The molecule has 12 heteroatoms. The van der Waals surface area contributed by atoms with E-state index in [1.165, 1.54) is 7.05 Å². The highest BCUT2D eigenvalue weighted by atomic mass is 19.4. The van der Waals surface area contributed by atoms with Gasteiger partial charge in [-0.2, -0.15) is 26.3 Å². The Morgan fingerprint density at radius 2 is 1.35 bits per heavy atom. The molecule has 0 saturated carbocycles. The predicted octanol–water partition coefficient (Wildman–Crippen LogP) is 6.35. The summed E-state index contributed by atoms with van der Waals surface area (Å²) in [6, 6.07) is 4.27. The van der Waals surface area contributed by atoms with Crippen LogP contribution in [0.3, 0.4) is 0 Å². The molecule has 1 heterocycles. The fourth-order valence-electron chi connectivity index (χ4n) is 2.51. The van der Waals surface area contributed by atoms with Crippen molar-refractivity contribution < 1.29 is 39.9 Å². The molecule has 0 unspecified atom stereocenters. The van der Waals surface area contributed by atoms with Gasteiger partial charge in [-0.3, -0.25) is 0 Å². The lowest BCUT2D eigenvalue weighted by atomic mass is 10.1. The van der Waals surface area contributed by atoms with Gasteiger partial charge in [-0.25, -0.2) is 18.7 Å². The number of rotatable bonds is 4. The zero-order valence-corrected chi connectivity index (χ0v) is 15.4. The van der Waals surface area contributed by atoms with Crippen LogP contribution in [0.1, 0.15) is 11.1 Å². The van der Waals surface area contributed by atoms with Crippen LogP contribution in [0.15, 0.2) is 48.8 Å². The molecule has 0 aliphatic heterocycles. The molecule has 2 aromatic carbocycles. The molecule has 0 bridgehead atoms. The van der Waals surface area contributed by atoms with Crippen molar-refractivity contribution in [2.45, 2.75) is 12.4 Å². The molecule has 4 nitrogen and oxygen atoms in total. The van der Waals surface area contributed by atoms with Crippen molar-refractivity contribution in [1.82, 2.24) is 9.97 Å². The summed E-state index contributed by atoms with van der Waals surface area (Å²) in [5.41, 5.74) is -2.75. The fourth-order valence-corrected chi connectivity index (χ4v) is 2.51. The van der Waals surface area contributed by atoms with E-state index in [1.54, 1.807) is 0 Å². The maximum atomic E-state index is 14.1. The Kier molecular flexibility index (Phi) is 5.74. The monoisotopic (exact) mass is 449 g/mol. The summed E-state index contributed by atoms with van der Waals surface area (Å²) in [6.07, 6.45) is -8.59. The van der Waals surface area contributed by atoms with Gasteiger partial charge < -0.3 is 9.64 Å². The zero-order valence-electron chi connectivity index (χ0n) is 15.4. The van der Waals surface area contributed by atoms with Gasteiger partial charge in [0.25, 0.3) is 0 Å². The topological polar surface area (TPSA) is 38.2 Å². The van der Waals surface area contributed by atoms with Gasteiger partial charge in [0.2, 0.25) is 5.88 Å². The number of benzene rings is 2. The Balaban J connectivity index is 1.93. The number of alkyl halides is 6. The lowest BCUT2D eigenvalue weighted by molar-refractivity contribution is -0.138. The van der Waals surface area contributed by atoms with E-state index in [9.17, 15) is 35.1 Å². The Morgan fingerprint density at radius 3 is 1.97 bits per heavy atom. The largest absolute Gasteiger partial charge is 0.436 e. The molecule has 0 spiro atoms. The number of aromatic nitrogens is 2. The second-order valence-electron chi connectivity index (χ2n) is 6.18. The fraction of sp³-hybridized carbons (Fsp3) is 0.158. The Labute approximate surface area is 169 Å². The third-order valence-corrected chi connectivity index (χ3v) is 4.08. The van der Waals surface area contributed by atoms with E-state index in [2.05, 4.69) is 9.97 Å². The average Bonchev–Trinajstić information content (AvgIpc) is 2.68. The summed E-state index contributed by atoms with van der Waals surface area (Å²) in [4.78, 5) is 8.37. The summed E-state index contributed by atoms with van der Waals surface area (Å²) in [5, 5.41) is 0. The maximum absolute atomic E-state index is 14.1. The van der Waals surface area contributed by atoms with E-state index >= 15 is 0 Å². The first-order chi connectivity index (χ1) is 14.4.